The summed E-state index contributed by atoms with van der Waals surface area (Å²) in [4.78, 5) is 13.5. The highest BCUT2D eigenvalue weighted by Crippen LogP contribution is 2.05. The Morgan fingerprint density at radius 2 is 2.06 bits per heavy atom. The molecular formula is C14H19N3O. The molecule has 1 rings (SSSR count). The largest absolute Gasteiger partial charge is 0.354 e. The molecule has 0 spiro atoms. The number of amides is 1. The Morgan fingerprint density at radius 1 is 1.39 bits per heavy atom. The van der Waals surface area contributed by atoms with E-state index >= 15 is 0 Å². The summed E-state index contributed by atoms with van der Waals surface area (Å²) in [6, 6.07) is 10.3. The number of carbonyl (C=O) groups excluding carboxylic acids is 1. The second-order valence-electron chi connectivity index (χ2n) is 4.42. The molecule has 0 fully saturated rings. The minimum atomic E-state index is -0.0418. The summed E-state index contributed by atoms with van der Waals surface area (Å²) >= 11 is 0. The molecule has 0 radical (unpaired) electrons. The predicted octanol–water partition coefficient (Wildman–Crippen LogP) is 1.46. The monoisotopic (exact) mass is 245 g/mol. The Bertz CT molecular complexity index is 420. The number of carbonyl (C=O) groups is 1. The zero-order chi connectivity index (χ0) is 13.4. The lowest BCUT2D eigenvalue weighted by molar-refractivity contribution is -0.122. The molecule has 1 amide bonds. The van der Waals surface area contributed by atoms with Crippen molar-refractivity contribution in [2.45, 2.75) is 19.9 Å². The van der Waals surface area contributed by atoms with Crippen LogP contribution in [0.15, 0.2) is 24.3 Å². The summed E-state index contributed by atoms with van der Waals surface area (Å²) in [6.07, 6.45) is 0.355. The maximum absolute atomic E-state index is 11.5. The van der Waals surface area contributed by atoms with E-state index in [-0.39, 0.29) is 5.91 Å². The fraction of sp³-hybridized carbons (Fsp3) is 0.429. The number of likely N-dealkylation sites (N-methyl/N-ethyl adjacent to an activating group) is 1. The highest BCUT2D eigenvalue weighted by Gasteiger charge is 2.06. The number of nitriles is 1. The Kier molecular flexibility index (Phi) is 5.89. The van der Waals surface area contributed by atoms with Crippen LogP contribution in [0.5, 0.6) is 0 Å². The Balaban J connectivity index is 2.33. The summed E-state index contributed by atoms with van der Waals surface area (Å²) in [5.41, 5.74) is 2.42. The second-order valence-corrected chi connectivity index (χ2v) is 4.42. The van der Waals surface area contributed by atoms with E-state index in [1.54, 1.807) is 0 Å². The lowest BCUT2D eigenvalue weighted by Crippen LogP contribution is -2.35. The van der Waals surface area contributed by atoms with Gasteiger partial charge in [0, 0.05) is 13.1 Å². The van der Waals surface area contributed by atoms with Gasteiger partial charge in [0.25, 0.3) is 0 Å². The normalized spacial score (nSPS) is 10.1. The van der Waals surface area contributed by atoms with Gasteiger partial charge in [-0.15, -0.1) is 0 Å². The Labute approximate surface area is 108 Å². The van der Waals surface area contributed by atoms with Crippen LogP contribution in [-0.4, -0.2) is 30.9 Å². The van der Waals surface area contributed by atoms with Crippen LogP contribution in [0.1, 0.15) is 17.5 Å². The zero-order valence-corrected chi connectivity index (χ0v) is 10.9. The zero-order valence-electron chi connectivity index (χ0n) is 10.9. The summed E-state index contributed by atoms with van der Waals surface area (Å²) in [5, 5.41) is 11.1. The molecule has 0 aliphatic heterocycles. The van der Waals surface area contributed by atoms with Gasteiger partial charge in [-0.1, -0.05) is 29.8 Å². The predicted molar refractivity (Wildman–Crippen MR) is 70.8 cm³/mol. The molecule has 0 aliphatic carbocycles. The van der Waals surface area contributed by atoms with E-state index in [9.17, 15) is 4.79 Å². The minimum absolute atomic E-state index is 0.0418. The first-order chi connectivity index (χ1) is 8.61. The van der Waals surface area contributed by atoms with Gasteiger partial charge in [-0.3, -0.25) is 9.69 Å². The molecule has 1 aromatic carbocycles. The first kappa shape index (κ1) is 14.2. The molecule has 1 N–H and O–H groups in total. The van der Waals surface area contributed by atoms with Crippen molar-refractivity contribution in [3.05, 3.63) is 35.4 Å². The smallest absolute Gasteiger partial charge is 0.234 e. The van der Waals surface area contributed by atoms with Crippen molar-refractivity contribution in [3.63, 3.8) is 0 Å². The minimum Gasteiger partial charge on any atom is -0.354 e. The van der Waals surface area contributed by atoms with Crippen molar-refractivity contribution in [1.82, 2.24) is 10.2 Å². The maximum atomic E-state index is 11.5. The van der Waals surface area contributed by atoms with Crippen molar-refractivity contribution in [3.8, 4) is 6.07 Å². The SMILES string of the molecule is Cc1ccc(CN(C)CC(=O)NCCC#N)cc1. The summed E-state index contributed by atoms with van der Waals surface area (Å²) in [7, 11) is 1.91. The number of aryl methyl sites for hydroxylation is 1. The van der Waals surface area contributed by atoms with Crippen molar-refractivity contribution in [2.24, 2.45) is 0 Å². The fourth-order valence-electron chi connectivity index (χ4n) is 1.62. The van der Waals surface area contributed by atoms with Crippen molar-refractivity contribution < 1.29 is 4.79 Å². The molecule has 96 valence electrons. The molecule has 0 saturated carbocycles. The van der Waals surface area contributed by atoms with Crippen molar-refractivity contribution >= 4 is 5.91 Å². The highest BCUT2D eigenvalue weighted by atomic mass is 16.2. The number of hydrogen-bond acceptors (Lipinski definition) is 3. The molecule has 1 aromatic rings. The van der Waals surface area contributed by atoms with Crippen LogP contribution in [0, 0.1) is 18.3 Å². The van der Waals surface area contributed by atoms with E-state index in [4.69, 9.17) is 5.26 Å². The molecule has 0 aliphatic rings. The van der Waals surface area contributed by atoms with Crippen LogP contribution in [0.2, 0.25) is 0 Å². The molecule has 4 nitrogen and oxygen atoms in total. The molecule has 18 heavy (non-hydrogen) atoms. The van der Waals surface area contributed by atoms with E-state index in [2.05, 4.69) is 36.5 Å². The van der Waals surface area contributed by atoms with Crippen LogP contribution in [-0.2, 0) is 11.3 Å². The average molecular weight is 245 g/mol. The van der Waals surface area contributed by atoms with Gasteiger partial charge in [0.2, 0.25) is 5.91 Å². The summed E-state index contributed by atoms with van der Waals surface area (Å²) in [5.74, 6) is -0.0418. The van der Waals surface area contributed by atoms with Gasteiger partial charge in [0.05, 0.1) is 19.0 Å². The van der Waals surface area contributed by atoms with Crippen LogP contribution < -0.4 is 5.32 Å². The van der Waals surface area contributed by atoms with Gasteiger partial charge in [0.1, 0.15) is 0 Å². The van der Waals surface area contributed by atoms with Gasteiger partial charge in [-0.05, 0) is 19.5 Å². The van der Waals surface area contributed by atoms with Crippen molar-refractivity contribution in [2.75, 3.05) is 20.1 Å². The molecule has 4 heteroatoms. The van der Waals surface area contributed by atoms with E-state index in [0.717, 1.165) is 6.54 Å². The van der Waals surface area contributed by atoms with Crippen molar-refractivity contribution in [1.29, 1.82) is 5.26 Å². The van der Waals surface area contributed by atoms with Gasteiger partial charge in [0.15, 0.2) is 0 Å². The number of hydrogen-bond donors (Lipinski definition) is 1. The van der Waals surface area contributed by atoms with Crippen LogP contribution in [0.25, 0.3) is 0 Å². The molecule has 0 aromatic heterocycles. The maximum Gasteiger partial charge on any atom is 0.234 e. The average Bonchev–Trinajstić information content (AvgIpc) is 2.32. The highest BCUT2D eigenvalue weighted by molar-refractivity contribution is 5.77. The quantitative estimate of drug-likeness (QED) is 0.772. The number of nitrogens with zero attached hydrogens (tertiary/aromatic N) is 2. The van der Waals surface area contributed by atoms with Crippen LogP contribution in [0.3, 0.4) is 0 Å². The third kappa shape index (κ3) is 5.46. The van der Waals surface area contributed by atoms with Gasteiger partial charge < -0.3 is 5.32 Å². The standard InChI is InChI=1S/C14H19N3O/c1-12-4-6-13(7-5-12)10-17(2)11-14(18)16-9-3-8-15/h4-7H,3,9-11H2,1-2H3,(H,16,18). The summed E-state index contributed by atoms with van der Waals surface area (Å²) < 4.78 is 0. The number of rotatable bonds is 6. The third-order valence-electron chi connectivity index (χ3n) is 2.55. The van der Waals surface area contributed by atoms with E-state index in [0.29, 0.717) is 19.5 Å². The van der Waals surface area contributed by atoms with Crippen LogP contribution >= 0.6 is 0 Å². The second kappa shape index (κ2) is 7.46. The lowest BCUT2D eigenvalue weighted by Gasteiger charge is -2.16. The van der Waals surface area contributed by atoms with E-state index in [1.165, 1.54) is 11.1 Å². The van der Waals surface area contributed by atoms with Gasteiger partial charge in [-0.2, -0.15) is 5.26 Å². The topological polar surface area (TPSA) is 56.1 Å². The summed E-state index contributed by atoms with van der Waals surface area (Å²) in [6.45, 7) is 3.56. The Morgan fingerprint density at radius 3 is 2.67 bits per heavy atom. The third-order valence-corrected chi connectivity index (χ3v) is 2.55. The first-order valence-electron chi connectivity index (χ1n) is 5.99. The first-order valence-corrected chi connectivity index (χ1v) is 5.99. The number of benzene rings is 1. The molecule has 0 unspecified atom stereocenters. The molecule has 0 bridgehead atoms. The Hall–Kier alpha value is -1.86. The molecular weight excluding hydrogens is 226 g/mol. The van der Waals surface area contributed by atoms with E-state index < -0.39 is 0 Å². The lowest BCUT2D eigenvalue weighted by atomic mass is 10.1. The molecule has 0 heterocycles. The van der Waals surface area contributed by atoms with E-state index in [1.807, 2.05) is 18.0 Å². The number of nitrogens with one attached hydrogen (secondary N) is 1. The van der Waals surface area contributed by atoms with Crippen LogP contribution in [0.4, 0.5) is 0 Å². The molecule has 0 saturated heterocycles. The van der Waals surface area contributed by atoms with Gasteiger partial charge in [-0.25, -0.2) is 0 Å². The van der Waals surface area contributed by atoms with Gasteiger partial charge >= 0.3 is 0 Å². The fourth-order valence-corrected chi connectivity index (χ4v) is 1.62. The molecule has 0 atom stereocenters.